The molecule has 0 bridgehead atoms. The average Bonchev–Trinajstić information content (AvgIpc) is 2.76. The van der Waals surface area contributed by atoms with Gasteiger partial charge < -0.3 is 9.64 Å². The Balaban J connectivity index is 1.57. The molecule has 1 atom stereocenters. The molecule has 3 rings (SSSR count). The van der Waals surface area contributed by atoms with Gasteiger partial charge in [0.1, 0.15) is 6.04 Å². The maximum Gasteiger partial charge on any atom is 0.327 e. The Morgan fingerprint density at radius 3 is 2.41 bits per heavy atom. The first-order chi connectivity index (χ1) is 14.0. The van der Waals surface area contributed by atoms with Crippen LogP contribution in [0.15, 0.2) is 24.3 Å². The molecule has 1 heterocycles. The third kappa shape index (κ3) is 5.50. The standard InChI is InChI=1S/C22H32ClN3O3/c1-24(17-8-4-3-5-9-17)20(27)16-25-12-14-26(15-13-25)21(22(28)29-2)18-10-6-7-11-19(18)23/h6-7,10-11,17,21H,3-5,8-9,12-16H2,1-2H3. The minimum absolute atomic E-state index is 0.195. The molecular weight excluding hydrogens is 390 g/mol. The van der Waals surface area contributed by atoms with E-state index >= 15 is 0 Å². The molecule has 2 aliphatic rings. The van der Waals surface area contributed by atoms with Crippen molar-refractivity contribution in [2.75, 3.05) is 46.9 Å². The molecule has 7 heteroatoms. The highest BCUT2D eigenvalue weighted by Crippen LogP contribution is 2.29. The highest BCUT2D eigenvalue weighted by molar-refractivity contribution is 6.31. The van der Waals surface area contributed by atoms with Crippen molar-refractivity contribution in [3.8, 4) is 0 Å². The molecule has 0 spiro atoms. The van der Waals surface area contributed by atoms with Crippen molar-refractivity contribution in [1.82, 2.24) is 14.7 Å². The number of hydrogen-bond acceptors (Lipinski definition) is 5. The first kappa shape index (κ1) is 22.1. The average molecular weight is 422 g/mol. The van der Waals surface area contributed by atoms with E-state index in [1.54, 1.807) is 6.07 Å². The zero-order valence-corrected chi connectivity index (χ0v) is 18.2. The van der Waals surface area contributed by atoms with E-state index in [2.05, 4.69) is 9.80 Å². The lowest BCUT2D eigenvalue weighted by molar-refractivity contribution is -0.148. The zero-order valence-electron chi connectivity index (χ0n) is 17.5. The van der Waals surface area contributed by atoms with Gasteiger partial charge in [-0.1, -0.05) is 49.1 Å². The number of piperazine rings is 1. The fourth-order valence-corrected chi connectivity index (χ4v) is 4.67. The zero-order chi connectivity index (χ0) is 20.8. The van der Waals surface area contributed by atoms with Gasteiger partial charge in [-0.25, -0.2) is 4.79 Å². The number of benzene rings is 1. The molecule has 1 aromatic carbocycles. The number of methoxy groups -OCH3 is 1. The van der Waals surface area contributed by atoms with Crippen LogP contribution >= 0.6 is 11.6 Å². The normalized spacial score (nSPS) is 20.2. The van der Waals surface area contributed by atoms with Crippen LogP contribution in [0, 0.1) is 0 Å². The monoisotopic (exact) mass is 421 g/mol. The van der Waals surface area contributed by atoms with Gasteiger partial charge in [0.05, 0.1) is 13.7 Å². The van der Waals surface area contributed by atoms with Crippen molar-refractivity contribution in [3.63, 3.8) is 0 Å². The van der Waals surface area contributed by atoms with Crippen LogP contribution in [-0.2, 0) is 14.3 Å². The van der Waals surface area contributed by atoms with E-state index in [4.69, 9.17) is 16.3 Å². The van der Waals surface area contributed by atoms with Gasteiger partial charge in [0.15, 0.2) is 0 Å². The fourth-order valence-electron chi connectivity index (χ4n) is 4.44. The number of carbonyl (C=O) groups excluding carboxylic acids is 2. The lowest BCUT2D eigenvalue weighted by Crippen LogP contribution is -2.52. The number of carbonyl (C=O) groups is 2. The smallest absolute Gasteiger partial charge is 0.327 e. The van der Waals surface area contributed by atoms with E-state index in [9.17, 15) is 9.59 Å². The Kier molecular flexibility index (Phi) is 7.92. The molecule has 1 saturated carbocycles. The highest BCUT2D eigenvalue weighted by atomic mass is 35.5. The summed E-state index contributed by atoms with van der Waals surface area (Å²) in [4.78, 5) is 31.4. The molecule has 0 aromatic heterocycles. The van der Waals surface area contributed by atoms with Gasteiger partial charge in [-0.2, -0.15) is 0 Å². The van der Waals surface area contributed by atoms with Gasteiger partial charge in [-0.15, -0.1) is 0 Å². The van der Waals surface area contributed by atoms with Crippen molar-refractivity contribution in [1.29, 1.82) is 0 Å². The SMILES string of the molecule is COC(=O)C(c1ccccc1Cl)N1CCN(CC(=O)N(C)C2CCCCC2)CC1. The Morgan fingerprint density at radius 1 is 1.14 bits per heavy atom. The molecule has 29 heavy (non-hydrogen) atoms. The molecular formula is C22H32ClN3O3. The van der Waals surface area contributed by atoms with E-state index in [-0.39, 0.29) is 11.9 Å². The van der Waals surface area contributed by atoms with Crippen molar-refractivity contribution < 1.29 is 14.3 Å². The fraction of sp³-hybridized carbons (Fsp3) is 0.636. The number of amides is 1. The van der Waals surface area contributed by atoms with Crippen LogP contribution in [0.2, 0.25) is 5.02 Å². The molecule has 6 nitrogen and oxygen atoms in total. The van der Waals surface area contributed by atoms with E-state index in [1.165, 1.54) is 26.4 Å². The predicted octanol–water partition coefficient (Wildman–Crippen LogP) is 2.96. The van der Waals surface area contributed by atoms with E-state index in [0.717, 1.165) is 31.5 Å². The molecule has 0 N–H and O–H groups in total. The van der Waals surface area contributed by atoms with Crippen molar-refractivity contribution >= 4 is 23.5 Å². The van der Waals surface area contributed by atoms with Crippen molar-refractivity contribution in [2.24, 2.45) is 0 Å². The molecule has 1 amide bonds. The second-order valence-corrected chi connectivity index (χ2v) is 8.46. The van der Waals surface area contributed by atoms with Crippen molar-refractivity contribution in [3.05, 3.63) is 34.9 Å². The molecule has 160 valence electrons. The second-order valence-electron chi connectivity index (χ2n) is 8.06. The van der Waals surface area contributed by atoms with Gasteiger partial charge in [-0.3, -0.25) is 14.6 Å². The number of halogens is 1. The largest absolute Gasteiger partial charge is 0.468 e. The second kappa shape index (κ2) is 10.4. The number of esters is 1. The Labute approximate surface area is 178 Å². The Morgan fingerprint density at radius 2 is 1.79 bits per heavy atom. The van der Waals surface area contributed by atoms with Gasteiger partial charge in [0, 0.05) is 44.3 Å². The van der Waals surface area contributed by atoms with Crippen LogP contribution in [0.4, 0.5) is 0 Å². The summed E-state index contributed by atoms with van der Waals surface area (Å²) in [6.45, 7) is 3.29. The molecule has 1 aliphatic carbocycles. The number of nitrogens with zero attached hydrogens (tertiary/aromatic N) is 3. The summed E-state index contributed by atoms with van der Waals surface area (Å²) in [5.41, 5.74) is 0.766. The summed E-state index contributed by atoms with van der Waals surface area (Å²) < 4.78 is 5.05. The van der Waals surface area contributed by atoms with Crippen LogP contribution in [0.1, 0.15) is 43.7 Å². The molecule has 1 aromatic rings. The topological polar surface area (TPSA) is 53.1 Å². The minimum atomic E-state index is -0.517. The summed E-state index contributed by atoms with van der Waals surface area (Å²) in [5, 5.41) is 0.564. The first-order valence-electron chi connectivity index (χ1n) is 10.6. The Hall–Kier alpha value is -1.63. The van der Waals surface area contributed by atoms with Crippen LogP contribution in [0.5, 0.6) is 0 Å². The first-order valence-corrected chi connectivity index (χ1v) is 10.9. The van der Waals surface area contributed by atoms with Crippen LogP contribution < -0.4 is 0 Å². The van der Waals surface area contributed by atoms with Gasteiger partial charge in [0.25, 0.3) is 0 Å². The maximum absolute atomic E-state index is 12.7. The highest BCUT2D eigenvalue weighted by Gasteiger charge is 2.33. The number of hydrogen-bond donors (Lipinski definition) is 0. The predicted molar refractivity (Wildman–Crippen MR) is 114 cm³/mol. The van der Waals surface area contributed by atoms with Gasteiger partial charge >= 0.3 is 5.97 Å². The number of likely N-dealkylation sites (N-methyl/N-ethyl adjacent to an activating group) is 1. The maximum atomic E-state index is 12.7. The molecule has 0 radical (unpaired) electrons. The summed E-state index contributed by atoms with van der Waals surface area (Å²) in [5.74, 6) is -0.111. The summed E-state index contributed by atoms with van der Waals surface area (Å²) >= 11 is 6.35. The third-order valence-electron chi connectivity index (χ3n) is 6.27. The van der Waals surface area contributed by atoms with Gasteiger partial charge in [-0.05, 0) is 24.5 Å². The molecule has 1 unspecified atom stereocenters. The summed E-state index contributed by atoms with van der Waals surface area (Å²) in [6, 6.07) is 7.28. The van der Waals surface area contributed by atoms with Crippen LogP contribution in [0.3, 0.4) is 0 Å². The Bertz CT molecular complexity index is 700. The molecule has 2 fully saturated rings. The lowest BCUT2D eigenvalue weighted by atomic mass is 9.94. The summed E-state index contributed by atoms with van der Waals surface area (Å²) in [7, 11) is 3.35. The molecule has 1 saturated heterocycles. The number of rotatable bonds is 6. The van der Waals surface area contributed by atoms with E-state index in [1.807, 2.05) is 30.1 Å². The van der Waals surface area contributed by atoms with Crippen molar-refractivity contribution in [2.45, 2.75) is 44.2 Å². The lowest BCUT2D eigenvalue weighted by Gasteiger charge is -2.39. The summed E-state index contributed by atoms with van der Waals surface area (Å²) in [6.07, 6.45) is 5.96. The quantitative estimate of drug-likeness (QED) is 0.661. The van der Waals surface area contributed by atoms with Gasteiger partial charge in [0.2, 0.25) is 5.91 Å². The van der Waals surface area contributed by atoms with Crippen LogP contribution in [-0.4, -0.2) is 79.5 Å². The third-order valence-corrected chi connectivity index (χ3v) is 6.62. The molecule has 1 aliphatic heterocycles. The van der Waals surface area contributed by atoms with E-state index < -0.39 is 6.04 Å². The minimum Gasteiger partial charge on any atom is -0.468 e. The van der Waals surface area contributed by atoms with Crippen LogP contribution in [0.25, 0.3) is 0 Å². The van der Waals surface area contributed by atoms with E-state index in [0.29, 0.717) is 30.7 Å². The number of ether oxygens (including phenoxy) is 1.